The number of unbranched alkanes of at least 4 members (excludes halogenated alkanes) is 44. The molecule has 2 atom stereocenters. The molecule has 6 heteroatoms. The van der Waals surface area contributed by atoms with Gasteiger partial charge in [0.15, 0.2) is 0 Å². The number of carbonyl (C=O) groups excluding carboxylic acids is 2. The molecule has 6 nitrogen and oxygen atoms in total. The van der Waals surface area contributed by atoms with Gasteiger partial charge in [0.2, 0.25) is 5.91 Å². The summed E-state index contributed by atoms with van der Waals surface area (Å²) in [5.41, 5.74) is 0. The number of carbonyl (C=O) groups is 2. The van der Waals surface area contributed by atoms with E-state index < -0.39 is 12.1 Å². The molecule has 0 aromatic carbocycles. The molecule has 0 saturated heterocycles. The molecule has 1 amide bonds. The van der Waals surface area contributed by atoms with E-state index in [-0.39, 0.29) is 18.5 Å². The molecule has 2 unspecified atom stereocenters. The van der Waals surface area contributed by atoms with E-state index >= 15 is 0 Å². The molecular weight excluding hydrogens is 827 g/mol. The smallest absolute Gasteiger partial charge is 0.305 e. The van der Waals surface area contributed by atoms with Gasteiger partial charge in [-0.3, -0.25) is 9.59 Å². The van der Waals surface area contributed by atoms with E-state index in [0.29, 0.717) is 25.9 Å². The minimum atomic E-state index is -0.667. The van der Waals surface area contributed by atoms with Crippen LogP contribution in [0.2, 0.25) is 0 Å². The van der Waals surface area contributed by atoms with Crippen LogP contribution >= 0.6 is 0 Å². The summed E-state index contributed by atoms with van der Waals surface area (Å²) < 4.78 is 5.49. The maximum Gasteiger partial charge on any atom is 0.305 e. The van der Waals surface area contributed by atoms with Gasteiger partial charge in [0, 0.05) is 12.8 Å². The molecule has 0 aliphatic rings. The van der Waals surface area contributed by atoms with Gasteiger partial charge in [0.25, 0.3) is 0 Å². The molecule has 0 fully saturated rings. The summed E-state index contributed by atoms with van der Waals surface area (Å²) in [6.45, 7) is 4.96. The van der Waals surface area contributed by atoms with Crippen LogP contribution in [0.25, 0.3) is 0 Å². The average molecular weight is 947 g/mol. The molecule has 398 valence electrons. The van der Waals surface area contributed by atoms with Gasteiger partial charge in [-0.1, -0.05) is 289 Å². The van der Waals surface area contributed by atoms with Crippen LogP contribution in [0.1, 0.15) is 341 Å². The molecule has 0 radical (unpaired) electrons. The van der Waals surface area contributed by atoms with Crippen molar-refractivity contribution in [2.24, 2.45) is 0 Å². The summed E-state index contributed by atoms with van der Waals surface area (Å²) in [4.78, 5) is 24.6. The SMILES string of the molecule is CCCCCCCCC/C=C\CCCCCCCCCC(=O)OCCCCCCCCCCCCCCCCCCCC(=O)NC(CO)C(O)CCCCCCCCCCCCCCCCC. The number of nitrogens with one attached hydrogen (secondary N) is 1. The Balaban J connectivity index is 3.39. The van der Waals surface area contributed by atoms with Gasteiger partial charge in [-0.25, -0.2) is 0 Å². The molecule has 0 saturated carbocycles. The Morgan fingerprint density at radius 3 is 1.06 bits per heavy atom. The monoisotopic (exact) mass is 946 g/mol. The van der Waals surface area contributed by atoms with Gasteiger partial charge in [-0.05, 0) is 51.4 Å². The van der Waals surface area contributed by atoms with Crippen molar-refractivity contribution in [1.82, 2.24) is 5.32 Å². The third kappa shape index (κ3) is 53.8. The third-order valence-corrected chi connectivity index (χ3v) is 14.3. The quantitative estimate of drug-likeness (QED) is 0.0321. The van der Waals surface area contributed by atoms with E-state index in [1.54, 1.807) is 0 Å². The highest BCUT2D eigenvalue weighted by Gasteiger charge is 2.20. The predicted octanol–water partition coefficient (Wildman–Crippen LogP) is 18.9. The Kier molecular flexibility index (Phi) is 56.0. The Morgan fingerprint density at radius 2 is 0.701 bits per heavy atom. The van der Waals surface area contributed by atoms with Crippen molar-refractivity contribution in [2.45, 2.75) is 353 Å². The Hall–Kier alpha value is -1.40. The number of amides is 1. The van der Waals surface area contributed by atoms with E-state index in [2.05, 4.69) is 31.3 Å². The topological polar surface area (TPSA) is 95.9 Å². The van der Waals surface area contributed by atoms with Crippen LogP contribution < -0.4 is 5.32 Å². The van der Waals surface area contributed by atoms with Crippen LogP contribution in [0.3, 0.4) is 0 Å². The van der Waals surface area contributed by atoms with E-state index in [4.69, 9.17) is 4.74 Å². The van der Waals surface area contributed by atoms with Crippen molar-refractivity contribution in [2.75, 3.05) is 13.2 Å². The Bertz CT molecular complexity index is 1000. The molecule has 0 bridgehead atoms. The van der Waals surface area contributed by atoms with E-state index in [1.165, 1.54) is 263 Å². The highest BCUT2D eigenvalue weighted by Crippen LogP contribution is 2.18. The minimum Gasteiger partial charge on any atom is -0.466 e. The van der Waals surface area contributed by atoms with Crippen LogP contribution in [-0.4, -0.2) is 47.4 Å². The van der Waals surface area contributed by atoms with Crippen molar-refractivity contribution in [1.29, 1.82) is 0 Å². The minimum absolute atomic E-state index is 0.00330. The van der Waals surface area contributed by atoms with Crippen LogP contribution in [0.15, 0.2) is 12.2 Å². The third-order valence-electron chi connectivity index (χ3n) is 14.3. The fourth-order valence-electron chi connectivity index (χ4n) is 9.64. The normalized spacial score (nSPS) is 12.6. The lowest BCUT2D eigenvalue weighted by molar-refractivity contribution is -0.143. The van der Waals surface area contributed by atoms with Gasteiger partial charge in [-0.15, -0.1) is 0 Å². The summed E-state index contributed by atoms with van der Waals surface area (Å²) in [6.07, 6.45) is 67.8. The average Bonchev–Trinajstić information content (AvgIpc) is 3.33. The van der Waals surface area contributed by atoms with Gasteiger partial charge in [0.05, 0.1) is 25.4 Å². The van der Waals surface area contributed by atoms with Crippen molar-refractivity contribution in [3.63, 3.8) is 0 Å². The number of rotatable bonds is 57. The van der Waals surface area contributed by atoms with E-state index in [0.717, 1.165) is 44.9 Å². The summed E-state index contributed by atoms with van der Waals surface area (Å²) in [5, 5.41) is 23.3. The second kappa shape index (κ2) is 57.2. The number of ether oxygens (including phenoxy) is 1. The van der Waals surface area contributed by atoms with Gasteiger partial charge >= 0.3 is 5.97 Å². The van der Waals surface area contributed by atoms with Gasteiger partial charge < -0.3 is 20.3 Å². The van der Waals surface area contributed by atoms with Gasteiger partial charge in [-0.2, -0.15) is 0 Å². The highest BCUT2D eigenvalue weighted by atomic mass is 16.5. The highest BCUT2D eigenvalue weighted by molar-refractivity contribution is 5.76. The number of hydrogen-bond donors (Lipinski definition) is 3. The maximum absolute atomic E-state index is 12.5. The van der Waals surface area contributed by atoms with Crippen molar-refractivity contribution in [3.05, 3.63) is 12.2 Å². The number of aliphatic hydroxyl groups is 2. The first-order valence-corrected chi connectivity index (χ1v) is 30.4. The molecule has 3 N–H and O–H groups in total. The van der Waals surface area contributed by atoms with Crippen molar-refractivity contribution >= 4 is 11.9 Å². The standard InChI is InChI=1S/C61H119NO5/c1-3-5-7-9-11-13-15-17-19-20-23-27-31-35-39-43-47-51-55-61(66)67-56-52-48-44-40-36-32-28-24-21-22-26-30-34-38-42-46-50-54-60(65)62-58(57-63)59(64)53-49-45-41-37-33-29-25-18-16-14-12-10-8-6-4-2/h19-20,58-59,63-64H,3-18,21-57H2,1-2H3,(H,62,65)/b20-19-. The largest absolute Gasteiger partial charge is 0.466 e. The molecular formula is C61H119NO5. The van der Waals surface area contributed by atoms with E-state index in [1.807, 2.05) is 0 Å². The first kappa shape index (κ1) is 65.6. The van der Waals surface area contributed by atoms with Crippen LogP contribution in [-0.2, 0) is 14.3 Å². The lowest BCUT2D eigenvalue weighted by atomic mass is 10.0. The number of esters is 1. The first-order valence-electron chi connectivity index (χ1n) is 30.4. The van der Waals surface area contributed by atoms with E-state index in [9.17, 15) is 19.8 Å². The summed E-state index contributed by atoms with van der Waals surface area (Å²) in [7, 11) is 0. The molecule has 0 aromatic rings. The zero-order valence-electron chi connectivity index (χ0n) is 45.4. The summed E-state index contributed by atoms with van der Waals surface area (Å²) in [5.74, 6) is -0.0347. The van der Waals surface area contributed by atoms with Crippen molar-refractivity contribution in [3.8, 4) is 0 Å². The number of allylic oxidation sites excluding steroid dienone is 2. The molecule has 0 heterocycles. The fraction of sp³-hybridized carbons (Fsp3) is 0.934. The summed E-state index contributed by atoms with van der Waals surface area (Å²) >= 11 is 0. The molecule has 0 aliphatic carbocycles. The van der Waals surface area contributed by atoms with Crippen LogP contribution in [0, 0.1) is 0 Å². The second-order valence-electron chi connectivity index (χ2n) is 21.0. The Morgan fingerprint density at radius 1 is 0.403 bits per heavy atom. The first-order chi connectivity index (χ1) is 33.0. The summed E-state index contributed by atoms with van der Waals surface area (Å²) in [6, 6.07) is -0.545. The number of hydrogen-bond acceptors (Lipinski definition) is 5. The van der Waals surface area contributed by atoms with Crippen LogP contribution in [0.5, 0.6) is 0 Å². The number of aliphatic hydroxyl groups excluding tert-OH is 2. The fourth-order valence-corrected chi connectivity index (χ4v) is 9.64. The second-order valence-corrected chi connectivity index (χ2v) is 21.0. The lowest BCUT2D eigenvalue weighted by Crippen LogP contribution is -2.45. The zero-order valence-corrected chi connectivity index (χ0v) is 45.4. The molecule has 67 heavy (non-hydrogen) atoms. The lowest BCUT2D eigenvalue weighted by Gasteiger charge is -2.22. The Labute approximate surface area is 419 Å². The molecule has 0 aliphatic heterocycles. The van der Waals surface area contributed by atoms with Gasteiger partial charge in [0.1, 0.15) is 0 Å². The molecule has 0 spiro atoms. The van der Waals surface area contributed by atoms with Crippen LogP contribution in [0.4, 0.5) is 0 Å². The van der Waals surface area contributed by atoms with Crippen molar-refractivity contribution < 1.29 is 24.5 Å². The molecule has 0 aromatic heterocycles. The molecule has 0 rings (SSSR count). The predicted molar refractivity (Wildman–Crippen MR) is 292 cm³/mol. The zero-order chi connectivity index (χ0) is 48.6. The maximum atomic E-state index is 12.5.